The van der Waals surface area contributed by atoms with Gasteiger partial charge in [0.2, 0.25) is 0 Å². The lowest BCUT2D eigenvalue weighted by atomic mass is 9.62. The Labute approximate surface area is 603 Å². The Morgan fingerprint density at radius 1 is 0.366 bits per heavy atom. The number of nitrogens with zero attached hydrogens (tertiary/aromatic N) is 6. The lowest BCUT2D eigenvalue weighted by Crippen LogP contribution is -2.35. The predicted octanol–water partition coefficient (Wildman–Crippen LogP) is 25.6. The third kappa shape index (κ3) is 11.2. The summed E-state index contributed by atoms with van der Waals surface area (Å²) < 4.78 is 10.3. The van der Waals surface area contributed by atoms with Crippen molar-refractivity contribution in [3.8, 4) is 46.0 Å². The van der Waals surface area contributed by atoms with E-state index in [2.05, 4.69) is 343 Å². The number of allylic oxidation sites excluding steroid dienone is 3. The number of fused-ring (bicyclic) bond motifs is 12. The fourth-order valence-electron chi connectivity index (χ4n) is 16.6. The van der Waals surface area contributed by atoms with Crippen LogP contribution in [0.1, 0.15) is 246 Å². The highest BCUT2D eigenvalue weighted by atomic mass is 15.1. The van der Waals surface area contributed by atoms with Crippen molar-refractivity contribution in [2.75, 3.05) is 0 Å². The Hall–Kier alpha value is -8.84. The molecule has 0 aliphatic heterocycles. The zero-order valence-corrected chi connectivity index (χ0v) is 65.4. The molecule has 3 unspecified atom stereocenters. The van der Waals surface area contributed by atoms with E-state index in [4.69, 9.17) is 0 Å². The van der Waals surface area contributed by atoms with E-state index in [1.54, 1.807) is 0 Å². The molecule has 7 aromatic carbocycles. The quantitative estimate of drug-likeness (QED) is 0.172. The summed E-state index contributed by atoms with van der Waals surface area (Å²) in [5.41, 5.74) is 24.2. The van der Waals surface area contributed by atoms with Crippen LogP contribution in [0.4, 0.5) is 0 Å². The molecule has 0 saturated carbocycles. The smallest absolute Gasteiger partial charge is 0.104 e. The molecule has 6 nitrogen and oxygen atoms in total. The minimum Gasteiger partial charge on any atom is -0.307 e. The number of hydrogen-bond donors (Lipinski definition) is 0. The first-order valence-corrected chi connectivity index (χ1v) is 37.3. The first-order valence-electron chi connectivity index (χ1n) is 37.3. The molecule has 3 aliphatic carbocycles. The summed E-state index contributed by atoms with van der Waals surface area (Å²) in [6, 6.07) is 50.2. The highest BCUT2D eigenvalue weighted by Crippen LogP contribution is 2.56. The van der Waals surface area contributed by atoms with Gasteiger partial charge in [0.05, 0.1) is 62.0 Å². The first-order chi connectivity index (χ1) is 46.9. The largest absolute Gasteiger partial charge is 0.307 e. The molecule has 14 rings (SSSR count). The van der Waals surface area contributed by atoms with Crippen molar-refractivity contribution in [1.29, 1.82) is 10.5 Å². The minimum atomic E-state index is -0.188. The van der Waals surface area contributed by atoms with E-state index in [0.717, 1.165) is 119 Å². The number of aromatic nitrogens is 4. The Bertz CT molecular complexity index is 5330. The molecule has 0 amide bonds. The summed E-state index contributed by atoms with van der Waals surface area (Å²) in [5, 5.41) is 30.5. The summed E-state index contributed by atoms with van der Waals surface area (Å²) in [4.78, 5) is 0. The van der Waals surface area contributed by atoms with Crippen molar-refractivity contribution in [3.63, 3.8) is 0 Å². The monoisotopic (exact) mass is 1330 g/mol. The maximum atomic E-state index is 13.8. The second kappa shape index (κ2) is 22.8. The van der Waals surface area contributed by atoms with E-state index < -0.39 is 0 Å². The third-order valence-electron chi connectivity index (χ3n) is 24.1. The van der Waals surface area contributed by atoms with Gasteiger partial charge >= 0.3 is 0 Å². The predicted molar refractivity (Wildman–Crippen MR) is 431 cm³/mol. The molecule has 0 fully saturated rings. The van der Waals surface area contributed by atoms with Gasteiger partial charge in [0.15, 0.2) is 0 Å². The van der Waals surface area contributed by atoms with Gasteiger partial charge in [-0.1, -0.05) is 234 Å². The molecule has 4 aromatic heterocycles. The Morgan fingerprint density at radius 2 is 0.713 bits per heavy atom. The fourth-order valence-corrected chi connectivity index (χ4v) is 16.6. The van der Waals surface area contributed by atoms with Crippen molar-refractivity contribution in [2.45, 2.75) is 219 Å². The molecule has 0 saturated heterocycles. The van der Waals surface area contributed by atoms with Gasteiger partial charge in [-0.15, -0.1) is 0 Å². The van der Waals surface area contributed by atoms with E-state index in [1.807, 2.05) is 12.1 Å². The summed E-state index contributed by atoms with van der Waals surface area (Å²) in [5.74, 6) is 0.517. The summed E-state index contributed by atoms with van der Waals surface area (Å²) in [6.45, 7) is 58.8. The van der Waals surface area contributed by atoms with Crippen LogP contribution in [0.15, 0.2) is 133 Å². The van der Waals surface area contributed by atoms with Crippen molar-refractivity contribution in [1.82, 2.24) is 18.3 Å². The second-order valence-corrected chi connectivity index (χ2v) is 39.0. The summed E-state index contributed by atoms with van der Waals surface area (Å²) >= 11 is 0. The summed E-state index contributed by atoms with van der Waals surface area (Å²) in [7, 11) is 0. The van der Waals surface area contributed by atoms with E-state index >= 15 is 0 Å². The van der Waals surface area contributed by atoms with Gasteiger partial charge in [-0.05, 0) is 221 Å². The van der Waals surface area contributed by atoms with Crippen molar-refractivity contribution >= 4 is 72.7 Å². The molecule has 3 aliphatic rings. The third-order valence-corrected chi connectivity index (χ3v) is 24.1. The van der Waals surface area contributed by atoms with Crippen LogP contribution in [-0.4, -0.2) is 18.3 Å². The molecule has 518 valence electrons. The van der Waals surface area contributed by atoms with Gasteiger partial charge in [-0.2, -0.15) is 10.5 Å². The summed E-state index contributed by atoms with van der Waals surface area (Å²) in [6.07, 6.45) is 17.3. The van der Waals surface area contributed by atoms with Crippen molar-refractivity contribution < 1.29 is 0 Å². The van der Waals surface area contributed by atoms with Crippen LogP contribution >= 0.6 is 0 Å². The SMILES string of the molecule is CC(C)(C)c1ccc2c(c1)c1c(n2-c2c(C#N)c(-n3c4c(c5c3C=CC(C)(C(C)(C)C)C5)CC(C(C)(C)C)C=C4)c(-n3c4ccc(C(C)(C)C)cc4c4cc(C(C)(C)C)ccc43)c(-c3ccc(C#N)cc3)c2-n2c3ccc(C(C)(C)C)cc3c3cc(C(C)(C)C)ccc32)C=CC(C(C)(C)C)C1. The highest BCUT2D eigenvalue weighted by Gasteiger charge is 2.44. The van der Waals surface area contributed by atoms with Gasteiger partial charge in [0, 0.05) is 49.6 Å². The molecule has 0 bridgehead atoms. The molecule has 6 heteroatoms. The zero-order chi connectivity index (χ0) is 72.9. The van der Waals surface area contributed by atoms with Crippen molar-refractivity contribution in [2.24, 2.45) is 33.5 Å². The second-order valence-electron chi connectivity index (χ2n) is 39.0. The molecule has 0 N–H and O–H groups in total. The molecular formula is C95H108N6. The first kappa shape index (κ1) is 69.3. The van der Waals surface area contributed by atoms with Crippen LogP contribution < -0.4 is 0 Å². The van der Waals surface area contributed by atoms with E-state index in [1.165, 1.54) is 49.9 Å². The van der Waals surface area contributed by atoms with Crippen LogP contribution in [0.5, 0.6) is 0 Å². The maximum Gasteiger partial charge on any atom is 0.104 e. The van der Waals surface area contributed by atoms with Gasteiger partial charge in [0.1, 0.15) is 11.6 Å². The van der Waals surface area contributed by atoms with Gasteiger partial charge in [-0.3, -0.25) is 0 Å². The minimum absolute atomic E-state index is 0.0209. The number of rotatable bonds is 5. The topological polar surface area (TPSA) is 67.3 Å². The zero-order valence-electron chi connectivity index (χ0n) is 65.4. The Morgan fingerprint density at radius 3 is 1.07 bits per heavy atom. The average molecular weight is 1330 g/mol. The standard InChI is InChI=1S/C95H108N6/c1-87(2,3)58-30-37-74-65(46-58)66-47-59(88(4,5)6)31-38-75(66)98(74)83-73(55-97)84(99-80-43-36-64(93(19,20)21)52-71(80)72-53-95(25,94(22,23)24)45-44-81(72)99)86(101-78-41-34-62(91(13,14)15)50-69(78)70-51-63(92(16,17)18)35-42-79(70)101)82(57-28-26-56(54-96)27-29-57)85(83)100-76-39-32-60(89(7,8)9)48-67(76)68-49-61(90(10,11)12)33-40-77(68)100/h26-46,48-51,59,64H,47,52-53H2,1-25H3. The molecule has 101 heavy (non-hydrogen) atoms. The van der Waals surface area contributed by atoms with E-state index in [9.17, 15) is 10.5 Å². The normalized spacial score (nSPS) is 17.7. The lowest BCUT2D eigenvalue weighted by Gasteiger charge is -2.42. The van der Waals surface area contributed by atoms with Crippen LogP contribution in [0.2, 0.25) is 0 Å². The lowest BCUT2D eigenvalue weighted by molar-refractivity contribution is 0.167. The van der Waals surface area contributed by atoms with Crippen molar-refractivity contribution in [3.05, 3.63) is 206 Å². The number of hydrogen-bond acceptors (Lipinski definition) is 2. The highest BCUT2D eigenvalue weighted by molar-refractivity contribution is 6.15. The molecule has 0 spiro atoms. The Kier molecular flexibility index (Phi) is 15.7. The van der Waals surface area contributed by atoms with Crippen LogP contribution in [0.25, 0.3) is 107 Å². The molecular weight excluding hydrogens is 1230 g/mol. The van der Waals surface area contributed by atoms with Gasteiger partial charge in [-0.25, -0.2) is 0 Å². The maximum absolute atomic E-state index is 13.8. The Balaban J connectivity index is 1.34. The van der Waals surface area contributed by atoms with Gasteiger partial charge < -0.3 is 18.3 Å². The molecule has 4 heterocycles. The molecule has 0 radical (unpaired) electrons. The number of nitriles is 2. The van der Waals surface area contributed by atoms with E-state index in [-0.39, 0.29) is 60.6 Å². The van der Waals surface area contributed by atoms with Crippen LogP contribution in [0, 0.1) is 56.2 Å². The van der Waals surface area contributed by atoms with E-state index in [0.29, 0.717) is 11.1 Å². The fraction of sp³-hybridized carbons (Fsp3) is 0.411. The van der Waals surface area contributed by atoms with Crippen LogP contribution in [-0.2, 0) is 46.3 Å². The van der Waals surface area contributed by atoms with Gasteiger partial charge in [0.25, 0.3) is 0 Å². The molecule has 3 atom stereocenters. The van der Waals surface area contributed by atoms with Crippen LogP contribution in [0.3, 0.4) is 0 Å². The molecule has 11 aromatic rings. The number of benzene rings is 7. The average Bonchev–Trinajstić information content (AvgIpc) is 1.57.